The van der Waals surface area contributed by atoms with Gasteiger partial charge in [0.15, 0.2) is 0 Å². The highest BCUT2D eigenvalue weighted by Gasteiger charge is 2.21. The molecule has 0 aliphatic rings. The summed E-state index contributed by atoms with van der Waals surface area (Å²) in [4.78, 5) is 19.9. The van der Waals surface area contributed by atoms with Crippen LogP contribution in [0.5, 0.6) is 0 Å². The standard InChI is InChI=1S/C18H18N2O2S/c1-10-7-5-6-8-13(10)17-20-14(9-23-17)16-11(2)15(12(3)19-16)18(21)22-4/h5-9,19H,1-4H3. The third kappa shape index (κ3) is 2.68. The first kappa shape index (κ1) is 15.5. The van der Waals surface area contributed by atoms with Gasteiger partial charge in [0.05, 0.1) is 24.1 Å². The Labute approximate surface area is 139 Å². The van der Waals surface area contributed by atoms with Crippen LogP contribution in [-0.4, -0.2) is 23.0 Å². The smallest absolute Gasteiger partial charge is 0.339 e. The first-order chi connectivity index (χ1) is 11.0. The average Bonchev–Trinajstić information content (AvgIpc) is 3.12. The number of hydrogen-bond acceptors (Lipinski definition) is 4. The van der Waals surface area contributed by atoms with Crippen LogP contribution in [-0.2, 0) is 4.74 Å². The topological polar surface area (TPSA) is 55.0 Å². The summed E-state index contributed by atoms with van der Waals surface area (Å²) in [6, 6.07) is 8.19. The van der Waals surface area contributed by atoms with Gasteiger partial charge in [-0.1, -0.05) is 24.3 Å². The van der Waals surface area contributed by atoms with Gasteiger partial charge in [-0.2, -0.15) is 0 Å². The van der Waals surface area contributed by atoms with Crippen molar-refractivity contribution in [1.82, 2.24) is 9.97 Å². The van der Waals surface area contributed by atoms with Crippen molar-refractivity contribution < 1.29 is 9.53 Å². The van der Waals surface area contributed by atoms with Crippen LogP contribution in [0, 0.1) is 20.8 Å². The average molecular weight is 326 g/mol. The molecule has 0 fully saturated rings. The van der Waals surface area contributed by atoms with E-state index in [4.69, 9.17) is 9.72 Å². The summed E-state index contributed by atoms with van der Waals surface area (Å²) >= 11 is 1.60. The van der Waals surface area contributed by atoms with Crippen molar-refractivity contribution >= 4 is 17.3 Å². The van der Waals surface area contributed by atoms with E-state index in [1.807, 2.05) is 31.4 Å². The largest absolute Gasteiger partial charge is 0.465 e. The van der Waals surface area contributed by atoms with Crippen LogP contribution in [0.3, 0.4) is 0 Å². The van der Waals surface area contributed by atoms with Crippen molar-refractivity contribution in [2.24, 2.45) is 0 Å². The van der Waals surface area contributed by atoms with Crippen molar-refractivity contribution in [3.05, 3.63) is 52.0 Å². The Morgan fingerprint density at radius 1 is 1.22 bits per heavy atom. The number of carbonyl (C=O) groups is 1. The lowest BCUT2D eigenvalue weighted by atomic mass is 10.1. The van der Waals surface area contributed by atoms with E-state index in [1.54, 1.807) is 11.3 Å². The number of nitrogens with one attached hydrogen (secondary N) is 1. The highest BCUT2D eigenvalue weighted by Crippen LogP contribution is 2.33. The van der Waals surface area contributed by atoms with Gasteiger partial charge in [-0.05, 0) is 31.9 Å². The first-order valence-electron chi connectivity index (χ1n) is 7.32. The van der Waals surface area contributed by atoms with Crippen LogP contribution in [0.4, 0.5) is 0 Å². The molecule has 1 aromatic carbocycles. The fourth-order valence-electron chi connectivity index (χ4n) is 2.74. The number of carbonyl (C=O) groups excluding carboxylic acids is 1. The van der Waals surface area contributed by atoms with Crippen LogP contribution in [0.15, 0.2) is 29.6 Å². The highest BCUT2D eigenvalue weighted by atomic mass is 32.1. The van der Waals surface area contributed by atoms with E-state index < -0.39 is 0 Å². The van der Waals surface area contributed by atoms with Gasteiger partial charge in [0.1, 0.15) is 5.01 Å². The van der Waals surface area contributed by atoms with Crippen LogP contribution in [0.25, 0.3) is 22.0 Å². The zero-order valence-corrected chi connectivity index (χ0v) is 14.4. The molecule has 0 aliphatic heterocycles. The number of rotatable bonds is 3. The molecule has 3 rings (SSSR count). The van der Waals surface area contributed by atoms with Gasteiger partial charge in [-0.3, -0.25) is 0 Å². The molecule has 2 heterocycles. The molecule has 0 saturated carbocycles. The molecule has 0 atom stereocenters. The lowest BCUT2D eigenvalue weighted by Crippen LogP contribution is -2.03. The van der Waals surface area contributed by atoms with Crippen LogP contribution < -0.4 is 0 Å². The fraction of sp³-hybridized carbons (Fsp3) is 0.222. The molecule has 0 aliphatic carbocycles. The van der Waals surface area contributed by atoms with E-state index in [0.717, 1.165) is 33.2 Å². The summed E-state index contributed by atoms with van der Waals surface area (Å²) in [5.74, 6) is -0.322. The van der Waals surface area contributed by atoms with Crippen molar-refractivity contribution in [3.8, 4) is 22.0 Å². The van der Waals surface area contributed by atoms with Crippen LogP contribution in [0.1, 0.15) is 27.2 Å². The zero-order valence-electron chi connectivity index (χ0n) is 13.6. The molecule has 0 spiro atoms. The normalized spacial score (nSPS) is 10.8. The number of benzene rings is 1. The molecular formula is C18H18N2O2S. The summed E-state index contributed by atoms with van der Waals surface area (Å²) in [5.41, 5.74) is 6.32. The summed E-state index contributed by atoms with van der Waals surface area (Å²) < 4.78 is 4.86. The van der Waals surface area contributed by atoms with E-state index in [9.17, 15) is 4.79 Å². The summed E-state index contributed by atoms with van der Waals surface area (Å²) in [7, 11) is 1.40. The minimum absolute atomic E-state index is 0.322. The Bertz CT molecular complexity index is 877. The van der Waals surface area contributed by atoms with E-state index in [-0.39, 0.29) is 5.97 Å². The molecule has 0 bridgehead atoms. The monoisotopic (exact) mass is 326 g/mol. The minimum Gasteiger partial charge on any atom is -0.465 e. The number of nitrogens with zero attached hydrogens (tertiary/aromatic N) is 1. The number of thiazole rings is 1. The maximum atomic E-state index is 11.9. The van der Waals surface area contributed by atoms with E-state index >= 15 is 0 Å². The Kier molecular flexibility index (Phi) is 4.05. The van der Waals surface area contributed by atoms with Gasteiger partial charge in [0.25, 0.3) is 0 Å². The quantitative estimate of drug-likeness (QED) is 0.720. The van der Waals surface area contributed by atoms with E-state index in [0.29, 0.717) is 5.56 Å². The number of esters is 1. The molecule has 0 unspecified atom stereocenters. The highest BCUT2D eigenvalue weighted by molar-refractivity contribution is 7.13. The van der Waals surface area contributed by atoms with Crippen LogP contribution in [0.2, 0.25) is 0 Å². The van der Waals surface area contributed by atoms with Gasteiger partial charge >= 0.3 is 5.97 Å². The Hall–Kier alpha value is -2.40. The number of methoxy groups -OCH3 is 1. The second-order valence-electron chi connectivity index (χ2n) is 5.47. The number of aromatic nitrogens is 2. The summed E-state index contributed by atoms with van der Waals surface area (Å²) in [6.45, 7) is 5.87. The number of aryl methyl sites for hydroxylation is 2. The van der Waals surface area contributed by atoms with Gasteiger partial charge < -0.3 is 9.72 Å². The number of hydrogen-bond donors (Lipinski definition) is 1. The van der Waals surface area contributed by atoms with Crippen LogP contribution >= 0.6 is 11.3 Å². The maximum absolute atomic E-state index is 11.9. The van der Waals surface area contributed by atoms with Crippen molar-refractivity contribution in [2.75, 3.05) is 7.11 Å². The van der Waals surface area contributed by atoms with Crippen molar-refractivity contribution in [1.29, 1.82) is 0 Å². The Balaban J connectivity index is 2.05. The Morgan fingerprint density at radius 2 is 1.96 bits per heavy atom. The number of aromatic amines is 1. The molecule has 2 aromatic heterocycles. The predicted octanol–water partition coefficient (Wildman–Crippen LogP) is 4.52. The molecule has 4 nitrogen and oxygen atoms in total. The molecule has 5 heteroatoms. The molecule has 0 amide bonds. The molecule has 1 N–H and O–H groups in total. The Morgan fingerprint density at radius 3 is 2.65 bits per heavy atom. The molecule has 118 valence electrons. The van der Waals surface area contributed by atoms with Crippen molar-refractivity contribution in [3.63, 3.8) is 0 Å². The second kappa shape index (κ2) is 6.01. The lowest BCUT2D eigenvalue weighted by Gasteiger charge is -2.01. The second-order valence-corrected chi connectivity index (χ2v) is 6.33. The predicted molar refractivity (Wildman–Crippen MR) is 92.9 cm³/mol. The van der Waals surface area contributed by atoms with Gasteiger partial charge in [-0.15, -0.1) is 11.3 Å². The lowest BCUT2D eigenvalue weighted by molar-refractivity contribution is 0.0599. The molecule has 0 saturated heterocycles. The van der Waals surface area contributed by atoms with Gasteiger partial charge in [0, 0.05) is 16.6 Å². The van der Waals surface area contributed by atoms with Gasteiger partial charge in [0.2, 0.25) is 0 Å². The van der Waals surface area contributed by atoms with Gasteiger partial charge in [-0.25, -0.2) is 9.78 Å². The molecular weight excluding hydrogens is 308 g/mol. The molecule has 3 aromatic rings. The summed E-state index contributed by atoms with van der Waals surface area (Å²) in [5, 5.41) is 2.99. The van der Waals surface area contributed by atoms with E-state index in [1.165, 1.54) is 12.7 Å². The van der Waals surface area contributed by atoms with E-state index in [2.05, 4.69) is 24.0 Å². The fourth-order valence-corrected chi connectivity index (χ4v) is 3.64. The van der Waals surface area contributed by atoms with Crippen molar-refractivity contribution in [2.45, 2.75) is 20.8 Å². The third-order valence-corrected chi connectivity index (χ3v) is 4.84. The third-order valence-electron chi connectivity index (χ3n) is 3.96. The SMILES string of the molecule is COC(=O)c1c(C)[nH]c(-c2csc(-c3ccccc3C)n2)c1C. The molecule has 23 heavy (non-hydrogen) atoms. The number of H-pyrrole nitrogens is 1. The minimum atomic E-state index is -0.322. The zero-order chi connectivity index (χ0) is 16.6. The molecule has 0 radical (unpaired) electrons. The number of ether oxygens (including phenoxy) is 1. The first-order valence-corrected chi connectivity index (χ1v) is 8.20. The summed E-state index contributed by atoms with van der Waals surface area (Å²) in [6.07, 6.45) is 0. The maximum Gasteiger partial charge on any atom is 0.339 e.